The molecule has 0 aromatic heterocycles. The summed E-state index contributed by atoms with van der Waals surface area (Å²) in [7, 11) is 3.73. The molecule has 4 heteroatoms. The quantitative estimate of drug-likeness (QED) is 0.593. The third-order valence-electron chi connectivity index (χ3n) is 4.76. The summed E-state index contributed by atoms with van der Waals surface area (Å²) in [6.07, 6.45) is 2.85. The van der Waals surface area contributed by atoms with Crippen LogP contribution in [0.2, 0.25) is 0 Å². The van der Waals surface area contributed by atoms with Gasteiger partial charge in [-0.15, -0.1) is 0 Å². The van der Waals surface area contributed by atoms with Crippen molar-refractivity contribution in [1.29, 1.82) is 0 Å². The summed E-state index contributed by atoms with van der Waals surface area (Å²) in [6, 6.07) is 12.6. The largest absolute Gasteiger partial charge is 0.497 e. The van der Waals surface area contributed by atoms with Crippen LogP contribution in [0.5, 0.6) is 11.5 Å². The maximum atomic E-state index is 5.94. The molecule has 0 fully saturated rings. The summed E-state index contributed by atoms with van der Waals surface area (Å²) in [5.74, 6) is 2.16. The lowest BCUT2D eigenvalue weighted by Crippen LogP contribution is -2.16. The van der Waals surface area contributed by atoms with Crippen LogP contribution in [0.25, 0.3) is 0 Å². The van der Waals surface area contributed by atoms with Crippen LogP contribution in [0, 0.1) is 6.92 Å². The number of methoxy groups -OCH3 is 1. The molecule has 2 aromatic carbocycles. The van der Waals surface area contributed by atoms with Gasteiger partial charge in [0, 0.05) is 31.1 Å². The first-order valence-electron chi connectivity index (χ1n) is 8.78. The fourth-order valence-corrected chi connectivity index (χ4v) is 3.13. The zero-order chi connectivity index (χ0) is 17.8. The highest BCUT2D eigenvalue weighted by atomic mass is 16.5. The summed E-state index contributed by atoms with van der Waals surface area (Å²) >= 11 is 0. The molecule has 1 aliphatic rings. The zero-order valence-corrected chi connectivity index (χ0v) is 15.5. The third-order valence-corrected chi connectivity index (χ3v) is 4.76. The number of fused-ring (bicyclic) bond motifs is 1. The SMILES string of the molecule is CCN(C)C=Nc1cc2c(cc1C)C(c1cccc(OC)c1)CCO2. The van der Waals surface area contributed by atoms with Crippen molar-refractivity contribution in [3.8, 4) is 11.5 Å². The molecule has 0 radical (unpaired) electrons. The second-order valence-corrected chi connectivity index (χ2v) is 6.46. The number of benzene rings is 2. The number of rotatable bonds is 5. The average Bonchev–Trinajstić information content (AvgIpc) is 2.65. The highest BCUT2D eigenvalue weighted by Crippen LogP contribution is 2.42. The number of aliphatic imine (C=N–C) groups is 1. The van der Waals surface area contributed by atoms with Gasteiger partial charge in [0.2, 0.25) is 0 Å². The van der Waals surface area contributed by atoms with Crippen LogP contribution >= 0.6 is 0 Å². The molecule has 0 saturated heterocycles. The molecule has 1 aliphatic heterocycles. The maximum absolute atomic E-state index is 5.94. The van der Waals surface area contributed by atoms with Crippen LogP contribution in [0.15, 0.2) is 41.4 Å². The van der Waals surface area contributed by atoms with Crippen molar-refractivity contribution in [1.82, 2.24) is 4.90 Å². The van der Waals surface area contributed by atoms with Gasteiger partial charge in [-0.2, -0.15) is 0 Å². The minimum Gasteiger partial charge on any atom is -0.497 e. The van der Waals surface area contributed by atoms with E-state index in [1.807, 2.05) is 19.5 Å². The van der Waals surface area contributed by atoms with Crippen LogP contribution in [0.3, 0.4) is 0 Å². The molecule has 0 aliphatic carbocycles. The van der Waals surface area contributed by atoms with Crippen molar-refractivity contribution in [2.75, 3.05) is 27.3 Å². The third kappa shape index (κ3) is 3.78. The van der Waals surface area contributed by atoms with E-state index >= 15 is 0 Å². The van der Waals surface area contributed by atoms with Gasteiger partial charge in [-0.05, 0) is 49.6 Å². The van der Waals surface area contributed by atoms with Crippen LogP contribution in [-0.4, -0.2) is 38.5 Å². The van der Waals surface area contributed by atoms with Crippen LogP contribution in [-0.2, 0) is 0 Å². The molecule has 25 heavy (non-hydrogen) atoms. The average molecular weight is 338 g/mol. The minimum atomic E-state index is 0.328. The first kappa shape index (κ1) is 17.3. The molecule has 0 spiro atoms. The van der Waals surface area contributed by atoms with E-state index in [1.54, 1.807) is 7.11 Å². The smallest absolute Gasteiger partial charge is 0.125 e. The Morgan fingerprint density at radius 2 is 2.16 bits per heavy atom. The normalized spacial score (nSPS) is 16.4. The number of hydrogen-bond acceptors (Lipinski definition) is 3. The van der Waals surface area contributed by atoms with Crippen molar-refractivity contribution in [2.45, 2.75) is 26.2 Å². The van der Waals surface area contributed by atoms with E-state index < -0.39 is 0 Å². The summed E-state index contributed by atoms with van der Waals surface area (Å²) in [5, 5.41) is 0. The molecule has 0 saturated carbocycles. The number of nitrogens with zero attached hydrogens (tertiary/aromatic N) is 2. The molecule has 0 amide bonds. The van der Waals surface area contributed by atoms with Crippen molar-refractivity contribution < 1.29 is 9.47 Å². The number of hydrogen-bond donors (Lipinski definition) is 0. The van der Waals surface area contributed by atoms with Crippen LogP contribution in [0.1, 0.15) is 36.0 Å². The summed E-state index contributed by atoms with van der Waals surface area (Å²) < 4.78 is 11.3. The van der Waals surface area contributed by atoms with Gasteiger partial charge >= 0.3 is 0 Å². The molecule has 0 bridgehead atoms. The van der Waals surface area contributed by atoms with Gasteiger partial charge in [-0.25, -0.2) is 4.99 Å². The van der Waals surface area contributed by atoms with Crippen LogP contribution < -0.4 is 9.47 Å². The number of ether oxygens (including phenoxy) is 2. The molecule has 2 aromatic rings. The Morgan fingerprint density at radius 1 is 1.32 bits per heavy atom. The Labute approximate surface area is 150 Å². The molecule has 1 heterocycles. The van der Waals surface area contributed by atoms with E-state index in [-0.39, 0.29) is 0 Å². The fourth-order valence-electron chi connectivity index (χ4n) is 3.13. The Bertz CT molecular complexity index is 770. The van der Waals surface area contributed by atoms with E-state index in [0.29, 0.717) is 5.92 Å². The summed E-state index contributed by atoms with van der Waals surface area (Å²) in [4.78, 5) is 6.67. The molecular weight excluding hydrogens is 312 g/mol. The standard InChI is InChI=1S/C21H26N2O2/c1-5-23(3)14-22-20-13-21-19(11-15(20)2)18(9-10-25-21)16-7-6-8-17(12-16)24-4/h6-8,11-14,18H,5,9-10H2,1-4H3. The fraction of sp³-hybridized carbons (Fsp3) is 0.381. The Morgan fingerprint density at radius 3 is 2.92 bits per heavy atom. The second-order valence-electron chi connectivity index (χ2n) is 6.46. The van der Waals surface area contributed by atoms with Gasteiger partial charge in [0.1, 0.15) is 11.5 Å². The first-order chi connectivity index (χ1) is 12.1. The zero-order valence-electron chi connectivity index (χ0n) is 15.5. The maximum Gasteiger partial charge on any atom is 0.125 e. The Hall–Kier alpha value is -2.49. The van der Waals surface area contributed by atoms with Gasteiger partial charge < -0.3 is 14.4 Å². The predicted molar refractivity (Wildman–Crippen MR) is 103 cm³/mol. The molecule has 132 valence electrons. The van der Waals surface area contributed by atoms with Gasteiger partial charge in [-0.3, -0.25) is 0 Å². The lowest BCUT2D eigenvalue weighted by molar-refractivity contribution is 0.277. The van der Waals surface area contributed by atoms with Crippen molar-refractivity contribution >= 4 is 12.0 Å². The first-order valence-corrected chi connectivity index (χ1v) is 8.78. The van der Waals surface area contributed by atoms with Gasteiger partial charge in [0.05, 0.1) is 25.7 Å². The topological polar surface area (TPSA) is 34.1 Å². The molecule has 1 atom stereocenters. The van der Waals surface area contributed by atoms with E-state index in [2.05, 4.69) is 54.1 Å². The van der Waals surface area contributed by atoms with Crippen molar-refractivity contribution in [3.05, 3.63) is 53.1 Å². The Balaban J connectivity index is 1.96. The van der Waals surface area contributed by atoms with Gasteiger partial charge in [0.25, 0.3) is 0 Å². The second kappa shape index (κ2) is 7.60. The molecule has 0 N–H and O–H groups in total. The van der Waals surface area contributed by atoms with Crippen molar-refractivity contribution in [2.24, 2.45) is 4.99 Å². The van der Waals surface area contributed by atoms with E-state index in [9.17, 15) is 0 Å². The Kier molecular flexibility index (Phi) is 5.27. The van der Waals surface area contributed by atoms with Crippen LogP contribution in [0.4, 0.5) is 5.69 Å². The predicted octanol–water partition coefficient (Wildman–Crippen LogP) is 4.53. The minimum absolute atomic E-state index is 0.328. The highest BCUT2D eigenvalue weighted by molar-refractivity contribution is 5.65. The lowest BCUT2D eigenvalue weighted by atomic mass is 9.85. The molecule has 1 unspecified atom stereocenters. The molecular formula is C21H26N2O2. The molecule has 4 nitrogen and oxygen atoms in total. The van der Waals surface area contributed by atoms with Gasteiger partial charge in [-0.1, -0.05) is 12.1 Å². The monoisotopic (exact) mass is 338 g/mol. The van der Waals surface area contributed by atoms with Gasteiger partial charge in [0.15, 0.2) is 0 Å². The highest BCUT2D eigenvalue weighted by Gasteiger charge is 2.24. The van der Waals surface area contributed by atoms with E-state index in [1.165, 1.54) is 11.1 Å². The lowest BCUT2D eigenvalue weighted by Gasteiger charge is -2.27. The summed E-state index contributed by atoms with van der Waals surface area (Å²) in [6.45, 7) is 5.86. The number of aryl methyl sites for hydroxylation is 1. The van der Waals surface area contributed by atoms with Crippen molar-refractivity contribution in [3.63, 3.8) is 0 Å². The molecule has 3 rings (SSSR count). The van der Waals surface area contributed by atoms with E-state index in [4.69, 9.17) is 9.47 Å². The summed E-state index contributed by atoms with van der Waals surface area (Å²) in [5.41, 5.74) is 4.63. The van der Waals surface area contributed by atoms with E-state index in [0.717, 1.165) is 42.3 Å².